The largest absolute Gasteiger partial charge is 0.481 e. The molecule has 1 amide bonds. The average molecular weight is 316 g/mol. The molecule has 0 saturated carbocycles. The van der Waals surface area contributed by atoms with E-state index in [1.165, 1.54) is 24.1 Å². The Labute approximate surface area is 126 Å². The lowest BCUT2D eigenvalue weighted by atomic mass is 9.93. The molecule has 21 heavy (non-hydrogen) atoms. The third-order valence-corrected chi connectivity index (χ3v) is 3.73. The molecule has 1 aliphatic heterocycles. The summed E-state index contributed by atoms with van der Waals surface area (Å²) in [5.41, 5.74) is 0.384. The summed E-state index contributed by atoms with van der Waals surface area (Å²) in [4.78, 5) is 24.8. The Balaban J connectivity index is 2.40. The van der Waals surface area contributed by atoms with Gasteiger partial charge in [0.25, 0.3) is 0 Å². The van der Waals surface area contributed by atoms with Gasteiger partial charge >= 0.3 is 5.97 Å². The molecule has 7 heteroatoms. The molecule has 0 spiro atoms. The van der Waals surface area contributed by atoms with Gasteiger partial charge in [0.05, 0.1) is 18.6 Å². The first-order chi connectivity index (χ1) is 9.93. The highest BCUT2D eigenvalue weighted by molar-refractivity contribution is 6.30. The van der Waals surface area contributed by atoms with Gasteiger partial charge in [-0.15, -0.1) is 0 Å². The number of carbonyl (C=O) groups excluding carboxylic acids is 1. The van der Waals surface area contributed by atoms with Crippen molar-refractivity contribution in [3.05, 3.63) is 34.6 Å². The highest BCUT2D eigenvalue weighted by Gasteiger charge is 2.44. The molecule has 1 aromatic carbocycles. The first-order valence-electron chi connectivity index (χ1n) is 6.41. The molecule has 2 unspecified atom stereocenters. The molecular formula is C14H15ClFNO4. The summed E-state index contributed by atoms with van der Waals surface area (Å²) >= 11 is 5.83. The third kappa shape index (κ3) is 3.33. The van der Waals surface area contributed by atoms with Crippen LogP contribution >= 0.6 is 11.6 Å². The van der Waals surface area contributed by atoms with Crippen molar-refractivity contribution in [1.82, 2.24) is 4.90 Å². The van der Waals surface area contributed by atoms with Gasteiger partial charge in [0.1, 0.15) is 5.82 Å². The molecule has 1 aromatic rings. The second-order valence-corrected chi connectivity index (χ2v) is 5.31. The van der Waals surface area contributed by atoms with Gasteiger partial charge in [-0.2, -0.15) is 0 Å². The van der Waals surface area contributed by atoms with Gasteiger partial charge in [-0.25, -0.2) is 4.39 Å². The fourth-order valence-electron chi connectivity index (χ4n) is 2.62. The summed E-state index contributed by atoms with van der Waals surface area (Å²) in [7, 11) is 1.49. The van der Waals surface area contributed by atoms with Crippen LogP contribution in [0.15, 0.2) is 18.2 Å². The minimum absolute atomic E-state index is 0.113. The Bertz CT molecular complexity index is 546. The summed E-state index contributed by atoms with van der Waals surface area (Å²) in [5, 5.41) is 9.47. The average Bonchev–Trinajstić information content (AvgIpc) is 2.72. The number of nitrogens with zero attached hydrogens (tertiary/aromatic N) is 1. The van der Waals surface area contributed by atoms with Crippen LogP contribution in [0.4, 0.5) is 4.39 Å². The molecule has 0 bridgehead atoms. The van der Waals surface area contributed by atoms with E-state index >= 15 is 0 Å². The Morgan fingerprint density at radius 3 is 2.81 bits per heavy atom. The van der Waals surface area contributed by atoms with Gasteiger partial charge in [-0.3, -0.25) is 9.59 Å². The number of carboxylic acids is 1. The van der Waals surface area contributed by atoms with Crippen LogP contribution in [0.3, 0.4) is 0 Å². The molecule has 1 fully saturated rings. The number of methoxy groups -OCH3 is 1. The molecular weight excluding hydrogens is 301 g/mol. The SMILES string of the molecule is COCCN1C(=O)CC(C(=O)O)C1c1cc(F)cc(Cl)c1. The number of ether oxygens (including phenoxy) is 1. The molecule has 2 rings (SSSR count). The zero-order chi connectivity index (χ0) is 15.6. The van der Waals surface area contributed by atoms with Crippen molar-refractivity contribution in [3.8, 4) is 0 Å². The molecule has 2 atom stereocenters. The van der Waals surface area contributed by atoms with Crippen molar-refractivity contribution in [2.45, 2.75) is 12.5 Å². The maximum atomic E-state index is 13.5. The number of benzene rings is 1. The predicted molar refractivity (Wildman–Crippen MR) is 73.5 cm³/mol. The van der Waals surface area contributed by atoms with E-state index in [2.05, 4.69) is 0 Å². The fourth-order valence-corrected chi connectivity index (χ4v) is 2.85. The van der Waals surface area contributed by atoms with Crippen LogP contribution in [-0.4, -0.2) is 42.1 Å². The van der Waals surface area contributed by atoms with Crippen LogP contribution in [-0.2, 0) is 14.3 Å². The van der Waals surface area contributed by atoms with Gasteiger partial charge in [0.2, 0.25) is 5.91 Å². The summed E-state index contributed by atoms with van der Waals surface area (Å²) < 4.78 is 18.5. The zero-order valence-corrected chi connectivity index (χ0v) is 12.1. The fraction of sp³-hybridized carbons (Fsp3) is 0.429. The maximum Gasteiger partial charge on any atom is 0.309 e. The number of halogens is 2. The van der Waals surface area contributed by atoms with E-state index in [9.17, 15) is 19.1 Å². The number of amides is 1. The number of carboxylic acid groups (broad SMARTS) is 1. The highest BCUT2D eigenvalue weighted by Crippen LogP contribution is 2.39. The Morgan fingerprint density at radius 2 is 2.24 bits per heavy atom. The van der Waals surface area contributed by atoms with Crippen LogP contribution < -0.4 is 0 Å². The molecule has 1 heterocycles. The van der Waals surface area contributed by atoms with Crippen LogP contribution in [0.1, 0.15) is 18.0 Å². The predicted octanol–water partition coefficient (Wildman–Crippen LogP) is 2.10. The van der Waals surface area contributed by atoms with Crippen molar-refractivity contribution in [1.29, 1.82) is 0 Å². The summed E-state index contributed by atoms with van der Waals surface area (Å²) in [6, 6.07) is 3.10. The Morgan fingerprint density at radius 1 is 1.52 bits per heavy atom. The number of hydrogen-bond acceptors (Lipinski definition) is 3. The van der Waals surface area contributed by atoms with Gasteiger partial charge in [-0.05, 0) is 23.8 Å². The van der Waals surface area contributed by atoms with E-state index < -0.39 is 23.7 Å². The number of rotatable bonds is 5. The molecule has 1 aliphatic rings. The molecule has 1 N–H and O–H groups in total. The van der Waals surface area contributed by atoms with Gasteiger partial charge in [-0.1, -0.05) is 11.6 Å². The van der Waals surface area contributed by atoms with Crippen LogP contribution in [0.2, 0.25) is 5.02 Å². The monoisotopic (exact) mass is 315 g/mol. The van der Waals surface area contributed by atoms with Gasteiger partial charge in [0, 0.05) is 25.1 Å². The second kappa shape index (κ2) is 6.41. The lowest BCUT2D eigenvalue weighted by Crippen LogP contribution is -2.33. The number of hydrogen-bond donors (Lipinski definition) is 1. The third-order valence-electron chi connectivity index (χ3n) is 3.51. The smallest absolute Gasteiger partial charge is 0.309 e. The quantitative estimate of drug-likeness (QED) is 0.903. The van der Waals surface area contributed by atoms with E-state index in [-0.39, 0.29) is 30.5 Å². The lowest BCUT2D eigenvalue weighted by Gasteiger charge is -2.27. The van der Waals surface area contributed by atoms with Gasteiger partial charge in [0.15, 0.2) is 0 Å². The Hall–Kier alpha value is -1.66. The standard InChI is InChI=1S/C14H15ClFNO4/c1-21-3-2-17-12(18)7-11(14(19)20)13(17)8-4-9(15)6-10(16)5-8/h4-6,11,13H,2-3,7H2,1H3,(H,19,20). The van der Waals surface area contributed by atoms with E-state index in [1.54, 1.807) is 0 Å². The van der Waals surface area contributed by atoms with Gasteiger partial charge < -0.3 is 14.7 Å². The number of likely N-dealkylation sites (tertiary alicyclic amines) is 1. The highest BCUT2D eigenvalue weighted by atomic mass is 35.5. The molecule has 0 aliphatic carbocycles. The first-order valence-corrected chi connectivity index (χ1v) is 6.79. The van der Waals surface area contributed by atoms with Crippen molar-refractivity contribution in [3.63, 3.8) is 0 Å². The van der Waals surface area contributed by atoms with Crippen molar-refractivity contribution >= 4 is 23.5 Å². The lowest BCUT2D eigenvalue weighted by molar-refractivity contribution is -0.142. The number of aliphatic carboxylic acids is 1. The molecule has 0 radical (unpaired) electrons. The van der Waals surface area contributed by atoms with Crippen molar-refractivity contribution in [2.75, 3.05) is 20.3 Å². The van der Waals surface area contributed by atoms with E-state index in [1.807, 2.05) is 0 Å². The van der Waals surface area contributed by atoms with E-state index in [0.29, 0.717) is 5.56 Å². The van der Waals surface area contributed by atoms with Crippen LogP contribution in [0.25, 0.3) is 0 Å². The molecule has 114 valence electrons. The molecule has 0 aromatic heterocycles. The van der Waals surface area contributed by atoms with E-state index in [4.69, 9.17) is 16.3 Å². The topological polar surface area (TPSA) is 66.8 Å². The molecule has 5 nitrogen and oxygen atoms in total. The van der Waals surface area contributed by atoms with E-state index in [0.717, 1.165) is 6.07 Å². The van der Waals surface area contributed by atoms with Crippen LogP contribution in [0, 0.1) is 11.7 Å². The minimum atomic E-state index is -1.09. The zero-order valence-electron chi connectivity index (χ0n) is 11.4. The van der Waals surface area contributed by atoms with Crippen molar-refractivity contribution in [2.24, 2.45) is 5.92 Å². The summed E-state index contributed by atoms with van der Waals surface area (Å²) in [6.07, 6.45) is -0.113. The Kier molecular flexibility index (Phi) is 4.80. The first kappa shape index (κ1) is 15.7. The summed E-state index contributed by atoms with van der Waals surface area (Å²) in [5.74, 6) is -2.86. The maximum absolute atomic E-state index is 13.5. The van der Waals surface area contributed by atoms with Crippen LogP contribution in [0.5, 0.6) is 0 Å². The summed E-state index contributed by atoms with van der Waals surface area (Å²) in [6.45, 7) is 0.523. The number of carbonyl (C=O) groups is 2. The normalized spacial score (nSPS) is 21.9. The second-order valence-electron chi connectivity index (χ2n) is 4.88. The molecule has 1 saturated heterocycles. The van der Waals surface area contributed by atoms with Crippen molar-refractivity contribution < 1.29 is 23.8 Å². The minimum Gasteiger partial charge on any atom is -0.481 e.